The highest BCUT2D eigenvalue weighted by atomic mass is 35.5. The average molecular weight is 220 g/mol. The number of halogens is 2. The fraction of sp³-hybridized carbons (Fsp3) is 0.167. The lowest BCUT2D eigenvalue weighted by Crippen LogP contribution is -1.97. The van der Waals surface area contributed by atoms with Gasteiger partial charge >= 0.3 is 0 Å². The summed E-state index contributed by atoms with van der Waals surface area (Å²) in [5.41, 5.74) is 6.84. The molecule has 0 aromatic carbocycles. The van der Waals surface area contributed by atoms with E-state index in [1.54, 1.807) is 10.9 Å². The first-order valence-corrected chi connectivity index (χ1v) is 3.66. The molecule has 2 aromatic rings. The van der Waals surface area contributed by atoms with E-state index in [2.05, 4.69) is 15.0 Å². The molecule has 0 unspecified atom stereocenters. The Bertz CT molecular complexity index is 438. The van der Waals surface area contributed by atoms with E-state index in [1.165, 1.54) is 0 Å². The lowest BCUT2D eigenvalue weighted by atomic mass is 10.5. The van der Waals surface area contributed by atoms with Gasteiger partial charge in [0.15, 0.2) is 11.5 Å². The number of hydrogen-bond acceptors (Lipinski definition) is 4. The molecule has 7 heteroatoms. The zero-order chi connectivity index (χ0) is 8.72. The van der Waals surface area contributed by atoms with Gasteiger partial charge in [0.25, 0.3) is 0 Å². The lowest BCUT2D eigenvalue weighted by molar-refractivity contribution is 0.946. The van der Waals surface area contributed by atoms with Crippen LogP contribution in [0.2, 0.25) is 5.28 Å². The van der Waals surface area contributed by atoms with Gasteiger partial charge in [-0.25, -0.2) is 4.98 Å². The molecule has 70 valence electrons. The quantitative estimate of drug-likeness (QED) is 0.673. The molecule has 0 fully saturated rings. The largest absolute Gasteiger partial charge is 0.382 e. The van der Waals surface area contributed by atoms with Crippen molar-refractivity contribution in [1.82, 2.24) is 19.5 Å². The molecular formula is C6H7Cl2N5. The number of rotatable bonds is 0. The van der Waals surface area contributed by atoms with Crippen molar-refractivity contribution >= 4 is 41.0 Å². The van der Waals surface area contributed by atoms with E-state index in [-0.39, 0.29) is 17.7 Å². The molecule has 0 saturated carbocycles. The monoisotopic (exact) mass is 219 g/mol. The maximum atomic E-state index is 5.61. The first kappa shape index (κ1) is 10.0. The highest BCUT2D eigenvalue weighted by Gasteiger charge is 2.07. The van der Waals surface area contributed by atoms with Gasteiger partial charge < -0.3 is 10.3 Å². The molecule has 0 amide bonds. The Morgan fingerprint density at radius 3 is 2.85 bits per heavy atom. The fourth-order valence-corrected chi connectivity index (χ4v) is 1.23. The molecule has 0 atom stereocenters. The molecule has 0 saturated heterocycles. The predicted molar refractivity (Wildman–Crippen MR) is 53.0 cm³/mol. The van der Waals surface area contributed by atoms with E-state index in [4.69, 9.17) is 17.3 Å². The molecule has 0 aliphatic carbocycles. The smallest absolute Gasteiger partial charge is 0.226 e. The van der Waals surface area contributed by atoms with Crippen LogP contribution in [0.1, 0.15) is 0 Å². The summed E-state index contributed by atoms with van der Waals surface area (Å²) in [7, 11) is 1.82. The second-order valence-electron chi connectivity index (χ2n) is 2.41. The van der Waals surface area contributed by atoms with Crippen LogP contribution in [0.15, 0.2) is 6.33 Å². The molecule has 2 N–H and O–H groups in total. The highest BCUT2D eigenvalue weighted by Crippen LogP contribution is 2.16. The predicted octanol–water partition coefficient (Wildman–Crippen LogP) is 1.02. The first-order chi connectivity index (χ1) is 5.68. The Hall–Kier alpha value is -1.07. The summed E-state index contributed by atoms with van der Waals surface area (Å²) in [5.74, 6) is 0.352. The van der Waals surface area contributed by atoms with Gasteiger partial charge in [0, 0.05) is 7.05 Å². The molecule has 0 aliphatic heterocycles. The van der Waals surface area contributed by atoms with Crippen LogP contribution < -0.4 is 5.73 Å². The number of aromatic nitrogens is 4. The number of nitrogens with zero attached hydrogens (tertiary/aromatic N) is 4. The summed E-state index contributed by atoms with van der Waals surface area (Å²) in [6.45, 7) is 0. The molecule has 5 nitrogen and oxygen atoms in total. The number of nitrogen functional groups attached to an aromatic ring is 1. The van der Waals surface area contributed by atoms with Crippen molar-refractivity contribution in [2.45, 2.75) is 0 Å². The summed E-state index contributed by atoms with van der Waals surface area (Å²) in [4.78, 5) is 11.7. The fourth-order valence-electron chi connectivity index (χ4n) is 1.06. The summed E-state index contributed by atoms with van der Waals surface area (Å²) >= 11 is 5.58. The standard InChI is InChI=1S/C6H6ClN5.ClH/c1-12-2-9-5-3(12)4(8)10-6(7)11-5;/h2H,1H3,(H2,8,10,11);1H. The zero-order valence-corrected chi connectivity index (χ0v) is 8.30. The molecule has 0 spiro atoms. The van der Waals surface area contributed by atoms with E-state index in [0.717, 1.165) is 0 Å². The maximum absolute atomic E-state index is 5.61. The SMILES string of the molecule is Cl.Cn1cnc2nc(Cl)nc(N)c21. The van der Waals surface area contributed by atoms with Crippen LogP contribution >= 0.6 is 24.0 Å². The van der Waals surface area contributed by atoms with Gasteiger partial charge in [-0.2, -0.15) is 9.97 Å². The van der Waals surface area contributed by atoms with E-state index in [9.17, 15) is 0 Å². The van der Waals surface area contributed by atoms with Crippen LogP contribution in [-0.4, -0.2) is 19.5 Å². The Kier molecular flexibility index (Phi) is 2.58. The zero-order valence-electron chi connectivity index (χ0n) is 6.73. The normalized spacial score (nSPS) is 10.0. The van der Waals surface area contributed by atoms with E-state index in [0.29, 0.717) is 17.0 Å². The highest BCUT2D eigenvalue weighted by molar-refractivity contribution is 6.28. The van der Waals surface area contributed by atoms with Gasteiger partial charge in [0.2, 0.25) is 5.28 Å². The summed E-state index contributed by atoms with van der Waals surface area (Å²) in [6.07, 6.45) is 1.62. The van der Waals surface area contributed by atoms with Crippen molar-refractivity contribution in [2.24, 2.45) is 7.05 Å². The van der Waals surface area contributed by atoms with Gasteiger partial charge in [-0.15, -0.1) is 12.4 Å². The van der Waals surface area contributed by atoms with Crippen molar-refractivity contribution in [1.29, 1.82) is 0 Å². The van der Waals surface area contributed by atoms with E-state index < -0.39 is 0 Å². The molecule has 13 heavy (non-hydrogen) atoms. The van der Waals surface area contributed by atoms with Gasteiger partial charge in [-0.3, -0.25) is 0 Å². The van der Waals surface area contributed by atoms with Gasteiger partial charge in [0.1, 0.15) is 5.52 Å². The van der Waals surface area contributed by atoms with Crippen molar-refractivity contribution in [3.05, 3.63) is 11.6 Å². The number of imidazole rings is 1. The minimum absolute atomic E-state index is 0. The van der Waals surface area contributed by atoms with Crippen molar-refractivity contribution in [2.75, 3.05) is 5.73 Å². The second-order valence-corrected chi connectivity index (χ2v) is 2.74. The van der Waals surface area contributed by atoms with E-state index >= 15 is 0 Å². The molecule has 0 aliphatic rings. The van der Waals surface area contributed by atoms with Crippen LogP contribution in [0.25, 0.3) is 11.2 Å². The summed E-state index contributed by atoms with van der Waals surface area (Å²) < 4.78 is 1.75. The van der Waals surface area contributed by atoms with Crippen LogP contribution in [0.4, 0.5) is 5.82 Å². The van der Waals surface area contributed by atoms with Gasteiger partial charge in [0.05, 0.1) is 6.33 Å². The third-order valence-corrected chi connectivity index (χ3v) is 1.74. The minimum Gasteiger partial charge on any atom is -0.382 e. The topological polar surface area (TPSA) is 69.6 Å². The Balaban J connectivity index is 0.000000845. The van der Waals surface area contributed by atoms with Crippen molar-refractivity contribution < 1.29 is 0 Å². The van der Waals surface area contributed by atoms with Gasteiger partial charge in [-0.05, 0) is 11.6 Å². The molecule has 2 rings (SSSR count). The lowest BCUT2D eigenvalue weighted by Gasteiger charge is -1.97. The Morgan fingerprint density at radius 1 is 1.46 bits per heavy atom. The second kappa shape index (κ2) is 3.35. The van der Waals surface area contributed by atoms with E-state index in [1.807, 2.05) is 7.05 Å². The number of nitrogens with two attached hydrogens (primary N) is 1. The number of aryl methyl sites for hydroxylation is 1. The maximum Gasteiger partial charge on any atom is 0.226 e. The molecule has 0 bridgehead atoms. The minimum atomic E-state index is 0. The Labute approximate surface area is 85.4 Å². The first-order valence-electron chi connectivity index (χ1n) is 3.28. The van der Waals surface area contributed by atoms with Crippen LogP contribution in [0.5, 0.6) is 0 Å². The third kappa shape index (κ3) is 1.52. The average Bonchev–Trinajstić information content (AvgIpc) is 2.31. The number of anilines is 1. The summed E-state index contributed by atoms with van der Waals surface area (Å²) in [6, 6.07) is 0. The Morgan fingerprint density at radius 2 is 2.15 bits per heavy atom. The third-order valence-electron chi connectivity index (χ3n) is 1.57. The van der Waals surface area contributed by atoms with Crippen LogP contribution in [-0.2, 0) is 7.05 Å². The van der Waals surface area contributed by atoms with Gasteiger partial charge in [-0.1, -0.05) is 0 Å². The van der Waals surface area contributed by atoms with Crippen LogP contribution in [0.3, 0.4) is 0 Å². The number of fused-ring (bicyclic) bond motifs is 1. The molecule has 2 aromatic heterocycles. The molecular weight excluding hydrogens is 213 g/mol. The summed E-state index contributed by atoms with van der Waals surface area (Å²) in [5, 5.41) is 0.124. The molecule has 0 radical (unpaired) electrons. The number of hydrogen-bond donors (Lipinski definition) is 1. The van der Waals surface area contributed by atoms with Crippen molar-refractivity contribution in [3.63, 3.8) is 0 Å². The molecule has 2 heterocycles. The van der Waals surface area contributed by atoms with Crippen molar-refractivity contribution in [3.8, 4) is 0 Å². The van der Waals surface area contributed by atoms with Crippen LogP contribution in [0, 0.1) is 0 Å².